The Balaban J connectivity index is 2.34. The molecule has 0 aliphatic rings. The van der Waals surface area contributed by atoms with Gasteiger partial charge in [0.25, 0.3) is 5.91 Å². The highest BCUT2D eigenvalue weighted by atomic mass is 32.2. The largest absolute Gasteiger partial charge is 0.467 e. The second kappa shape index (κ2) is 8.40. The van der Waals surface area contributed by atoms with E-state index in [1.165, 1.54) is 18.9 Å². The van der Waals surface area contributed by atoms with E-state index in [0.29, 0.717) is 17.0 Å². The molecule has 2 rings (SSSR count). The molecule has 1 unspecified atom stereocenters. The number of benzene rings is 2. The molecule has 6 heteroatoms. The number of thioether (sulfide) groups is 1. The first-order chi connectivity index (χ1) is 11.6. The highest BCUT2D eigenvalue weighted by Crippen LogP contribution is 2.26. The average Bonchev–Trinajstić information content (AvgIpc) is 2.61. The van der Waals surface area contributed by atoms with Gasteiger partial charge in [0.05, 0.1) is 7.11 Å². The zero-order valence-corrected chi connectivity index (χ0v) is 14.4. The quantitative estimate of drug-likeness (QED) is 0.622. The number of anilines is 1. The summed E-state index contributed by atoms with van der Waals surface area (Å²) in [6.45, 7) is 0. The van der Waals surface area contributed by atoms with Crippen LogP contribution in [0.1, 0.15) is 10.4 Å². The fraction of sp³-hybridized carbons (Fsp3) is 0.222. The van der Waals surface area contributed by atoms with Gasteiger partial charge in [-0.2, -0.15) is 11.8 Å². The maximum Gasteiger partial charge on any atom is 0.329 e. The number of hydrogen-bond acceptors (Lipinski definition) is 5. The predicted molar refractivity (Wildman–Crippen MR) is 97.9 cm³/mol. The van der Waals surface area contributed by atoms with Gasteiger partial charge in [0.15, 0.2) is 0 Å². The van der Waals surface area contributed by atoms with Crippen molar-refractivity contribution in [3.8, 4) is 11.1 Å². The van der Waals surface area contributed by atoms with Crippen LogP contribution >= 0.6 is 11.8 Å². The lowest BCUT2D eigenvalue weighted by Gasteiger charge is -2.17. The molecule has 0 bridgehead atoms. The Kier molecular flexibility index (Phi) is 6.26. The number of ether oxygens (including phenoxy) is 1. The van der Waals surface area contributed by atoms with Gasteiger partial charge in [0.2, 0.25) is 0 Å². The van der Waals surface area contributed by atoms with E-state index in [2.05, 4.69) is 5.32 Å². The summed E-state index contributed by atoms with van der Waals surface area (Å²) in [4.78, 5) is 24.5. The number of amides is 1. The minimum Gasteiger partial charge on any atom is -0.467 e. The van der Waals surface area contributed by atoms with Gasteiger partial charge < -0.3 is 15.8 Å². The van der Waals surface area contributed by atoms with E-state index >= 15 is 0 Å². The van der Waals surface area contributed by atoms with Gasteiger partial charge in [-0.1, -0.05) is 30.3 Å². The lowest BCUT2D eigenvalue weighted by Crippen LogP contribution is -2.43. The van der Waals surface area contributed by atoms with E-state index in [9.17, 15) is 9.59 Å². The van der Waals surface area contributed by atoms with Crippen LogP contribution in [0.3, 0.4) is 0 Å². The van der Waals surface area contributed by atoms with Crippen molar-refractivity contribution in [1.29, 1.82) is 0 Å². The Morgan fingerprint density at radius 2 is 1.92 bits per heavy atom. The summed E-state index contributed by atoms with van der Waals surface area (Å²) < 4.78 is 4.75. The average molecular weight is 344 g/mol. The molecule has 5 nitrogen and oxygen atoms in total. The highest BCUT2D eigenvalue weighted by molar-refractivity contribution is 7.98. The van der Waals surface area contributed by atoms with Crippen LogP contribution in [0, 0.1) is 0 Å². The third-order valence-electron chi connectivity index (χ3n) is 3.50. The summed E-state index contributed by atoms with van der Waals surface area (Å²) in [6, 6.07) is 13.9. The Morgan fingerprint density at radius 1 is 1.21 bits per heavy atom. The van der Waals surface area contributed by atoms with E-state index in [1.807, 2.05) is 36.6 Å². The van der Waals surface area contributed by atoms with Crippen molar-refractivity contribution in [2.45, 2.75) is 6.04 Å². The van der Waals surface area contributed by atoms with Gasteiger partial charge in [0, 0.05) is 17.0 Å². The number of rotatable bonds is 6. The molecule has 0 fully saturated rings. The molecule has 2 aromatic carbocycles. The van der Waals surface area contributed by atoms with E-state index in [-0.39, 0.29) is 5.91 Å². The summed E-state index contributed by atoms with van der Waals surface area (Å²) in [5, 5.41) is 2.74. The van der Waals surface area contributed by atoms with Crippen LogP contribution in [0.25, 0.3) is 11.1 Å². The van der Waals surface area contributed by atoms with E-state index < -0.39 is 12.0 Å². The third kappa shape index (κ3) is 4.29. The molecule has 3 N–H and O–H groups in total. The summed E-state index contributed by atoms with van der Waals surface area (Å²) >= 11 is 1.46. The van der Waals surface area contributed by atoms with Gasteiger partial charge >= 0.3 is 5.97 Å². The van der Waals surface area contributed by atoms with Crippen molar-refractivity contribution in [2.75, 3.05) is 24.9 Å². The molecule has 0 radical (unpaired) electrons. The molecule has 0 aromatic heterocycles. The van der Waals surface area contributed by atoms with Crippen molar-refractivity contribution in [2.24, 2.45) is 0 Å². The van der Waals surface area contributed by atoms with Crippen molar-refractivity contribution < 1.29 is 14.3 Å². The van der Waals surface area contributed by atoms with Crippen molar-refractivity contribution in [1.82, 2.24) is 5.32 Å². The molecule has 1 atom stereocenters. The predicted octanol–water partition coefficient (Wildman–Crippen LogP) is 2.57. The van der Waals surface area contributed by atoms with Crippen molar-refractivity contribution >= 4 is 29.3 Å². The Morgan fingerprint density at radius 3 is 2.54 bits per heavy atom. The first-order valence-electron chi connectivity index (χ1n) is 7.39. The molecule has 126 valence electrons. The molecule has 2 aromatic rings. The van der Waals surface area contributed by atoms with Gasteiger partial charge in [-0.05, 0) is 35.6 Å². The van der Waals surface area contributed by atoms with Gasteiger partial charge in [-0.15, -0.1) is 0 Å². The van der Waals surface area contributed by atoms with Crippen LogP contribution in [0.5, 0.6) is 0 Å². The van der Waals surface area contributed by atoms with Crippen LogP contribution in [0.15, 0.2) is 48.5 Å². The van der Waals surface area contributed by atoms with Gasteiger partial charge in [-0.25, -0.2) is 4.79 Å². The molecular formula is C18H20N2O3S. The number of carbonyl (C=O) groups excluding carboxylic acids is 2. The molecular weight excluding hydrogens is 324 g/mol. The Labute approximate surface area is 145 Å². The fourth-order valence-corrected chi connectivity index (χ4v) is 2.88. The van der Waals surface area contributed by atoms with Crippen LogP contribution in [-0.4, -0.2) is 37.0 Å². The summed E-state index contributed by atoms with van der Waals surface area (Å²) in [6.07, 6.45) is 1.86. The van der Waals surface area contributed by atoms with E-state index in [0.717, 1.165) is 11.1 Å². The van der Waals surface area contributed by atoms with Crippen LogP contribution in [-0.2, 0) is 9.53 Å². The molecule has 0 aliphatic carbocycles. The van der Waals surface area contributed by atoms with Gasteiger partial charge in [-0.3, -0.25) is 4.79 Å². The second-order valence-electron chi connectivity index (χ2n) is 5.18. The molecule has 0 heterocycles. The molecule has 0 saturated carbocycles. The fourth-order valence-electron chi connectivity index (χ4n) is 2.33. The SMILES string of the molecule is COC(=O)C(CSC)NC(=O)c1ccc(N)cc1-c1ccccc1. The van der Waals surface area contributed by atoms with E-state index in [4.69, 9.17) is 10.5 Å². The first-order valence-corrected chi connectivity index (χ1v) is 8.78. The maximum absolute atomic E-state index is 12.7. The minimum atomic E-state index is -0.696. The minimum absolute atomic E-state index is 0.335. The normalized spacial score (nSPS) is 11.6. The lowest BCUT2D eigenvalue weighted by atomic mass is 9.98. The number of methoxy groups -OCH3 is 1. The summed E-state index contributed by atoms with van der Waals surface area (Å²) in [7, 11) is 1.31. The third-order valence-corrected chi connectivity index (χ3v) is 4.16. The van der Waals surface area contributed by atoms with Crippen LogP contribution in [0.4, 0.5) is 5.69 Å². The Hall–Kier alpha value is -2.47. The van der Waals surface area contributed by atoms with Crippen LogP contribution < -0.4 is 11.1 Å². The monoisotopic (exact) mass is 344 g/mol. The summed E-state index contributed by atoms with van der Waals surface area (Å²) in [5.74, 6) is -0.360. The van der Waals surface area contributed by atoms with Crippen molar-refractivity contribution in [3.63, 3.8) is 0 Å². The number of hydrogen-bond donors (Lipinski definition) is 2. The van der Waals surface area contributed by atoms with Crippen LogP contribution in [0.2, 0.25) is 0 Å². The first kappa shape index (κ1) is 17.9. The molecule has 0 spiro atoms. The molecule has 0 aliphatic heterocycles. The topological polar surface area (TPSA) is 81.4 Å². The zero-order valence-electron chi connectivity index (χ0n) is 13.6. The number of carbonyl (C=O) groups is 2. The van der Waals surface area contributed by atoms with Gasteiger partial charge in [0.1, 0.15) is 6.04 Å². The highest BCUT2D eigenvalue weighted by Gasteiger charge is 2.23. The number of nitrogen functional groups attached to an aromatic ring is 1. The smallest absolute Gasteiger partial charge is 0.329 e. The Bertz CT molecular complexity index is 719. The number of nitrogens with two attached hydrogens (primary N) is 1. The number of nitrogens with one attached hydrogen (secondary N) is 1. The molecule has 0 saturated heterocycles. The number of esters is 1. The molecule has 24 heavy (non-hydrogen) atoms. The molecule has 1 amide bonds. The zero-order chi connectivity index (χ0) is 17.5. The summed E-state index contributed by atoms with van der Waals surface area (Å²) in [5.41, 5.74) is 8.51. The van der Waals surface area contributed by atoms with Crippen molar-refractivity contribution in [3.05, 3.63) is 54.1 Å². The maximum atomic E-state index is 12.7. The standard InChI is InChI=1S/C18H20N2O3S/c1-23-18(22)16(11-24-2)20-17(21)14-9-8-13(19)10-15(14)12-6-4-3-5-7-12/h3-10,16H,11,19H2,1-2H3,(H,20,21). The second-order valence-corrected chi connectivity index (χ2v) is 6.09. The van der Waals surface area contributed by atoms with E-state index in [1.54, 1.807) is 18.2 Å². The lowest BCUT2D eigenvalue weighted by molar-refractivity contribution is -0.142.